The number of thiophene rings is 1. The summed E-state index contributed by atoms with van der Waals surface area (Å²) in [4.78, 5) is 1.23. The molecule has 0 spiro atoms. The molecule has 1 unspecified atom stereocenters. The van der Waals surface area contributed by atoms with Gasteiger partial charge in [0.1, 0.15) is 18.8 Å². The normalized spacial score (nSPS) is 22.4. The summed E-state index contributed by atoms with van der Waals surface area (Å²) in [6, 6.07) is 6.42. The lowest BCUT2D eigenvalue weighted by Crippen LogP contribution is -2.42. The van der Waals surface area contributed by atoms with Crippen LogP contribution < -0.4 is 14.2 Å². The van der Waals surface area contributed by atoms with Crippen molar-refractivity contribution in [2.45, 2.75) is 29.8 Å². The fourth-order valence-electron chi connectivity index (χ4n) is 3.30. The van der Waals surface area contributed by atoms with Gasteiger partial charge < -0.3 is 14.6 Å². The average molecular weight is 381 g/mol. The molecule has 0 radical (unpaired) electrons. The number of fused-ring (bicyclic) bond motifs is 2. The molecule has 1 atom stereocenters. The first kappa shape index (κ1) is 16.8. The second-order valence-electron chi connectivity index (χ2n) is 6.27. The lowest BCUT2D eigenvalue weighted by Gasteiger charge is -2.32. The molecule has 0 fully saturated rings. The van der Waals surface area contributed by atoms with Crippen LogP contribution >= 0.6 is 11.3 Å². The van der Waals surface area contributed by atoms with E-state index >= 15 is 0 Å². The molecule has 2 aliphatic rings. The van der Waals surface area contributed by atoms with E-state index in [1.807, 2.05) is 11.4 Å². The minimum absolute atomic E-state index is 0.0481. The zero-order valence-electron chi connectivity index (χ0n) is 13.5. The van der Waals surface area contributed by atoms with Crippen LogP contribution in [-0.4, -0.2) is 33.3 Å². The fraction of sp³-hybridized carbons (Fsp3) is 0.412. The van der Waals surface area contributed by atoms with Crippen LogP contribution in [0.3, 0.4) is 0 Å². The highest BCUT2D eigenvalue weighted by Gasteiger charge is 2.36. The molecule has 2 aromatic rings. The van der Waals surface area contributed by atoms with Gasteiger partial charge in [0.05, 0.1) is 4.90 Å². The van der Waals surface area contributed by atoms with Gasteiger partial charge in [0.15, 0.2) is 11.5 Å². The van der Waals surface area contributed by atoms with Crippen LogP contribution in [0.15, 0.2) is 34.5 Å². The molecule has 8 heteroatoms. The number of ether oxygens (including phenoxy) is 2. The van der Waals surface area contributed by atoms with Crippen molar-refractivity contribution in [1.82, 2.24) is 4.72 Å². The third kappa shape index (κ3) is 3.15. The predicted octanol–water partition coefficient (Wildman–Crippen LogP) is 2.02. The van der Waals surface area contributed by atoms with Crippen LogP contribution in [0.4, 0.5) is 0 Å². The van der Waals surface area contributed by atoms with Gasteiger partial charge in [-0.15, -0.1) is 11.3 Å². The summed E-state index contributed by atoms with van der Waals surface area (Å²) >= 11 is 1.61. The number of hydrogen-bond donors (Lipinski definition) is 2. The van der Waals surface area contributed by atoms with E-state index in [9.17, 15) is 13.5 Å². The zero-order chi connectivity index (χ0) is 17.5. The molecule has 1 aromatic heterocycles. The van der Waals surface area contributed by atoms with Crippen LogP contribution in [0.1, 0.15) is 23.3 Å². The van der Waals surface area contributed by atoms with Gasteiger partial charge in [-0.2, -0.15) is 0 Å². The number of aryl methyl sites for hydroxylation is 1. The maximum Gasteiger partial charge on any atom is 0.240 e. The lowest BCUT2D eigenvalue weighted by atomic mass is 9.83. The first-order chi connectivity index (χ1) is 12.0. The van der Waals surface area contributed by atoms with E-state index in [0.717, 1.165) is 23.3 Å². The standard InChI is InChI=1S/C17H19NO5S2/c19-17(6-1-2-16-13(17)5-9-24-16)11-18-25(20,21)12-3-4-14-15(10-12)23-8-7-22-14/h3-5,9-10,18-19H,1-2,6-8,11H2. The first-order valence-corrected chi connectivity index (χ1v) is 10.5. The molecule has 1 aliphatic heterocycles. The van der Waals surface area contributed by atoms with Crippen LogP contribution in [0.25, 0.3) is 0 Å². The summed E-state index contributed by atoms with van der Waals surface area (Å²) < 4.78 is 38.7. The largest absolute Gasteiger partial charge is 0.486 e. The average Bonchev–Trinajstić information content (AvgIpc) is 3.10. The molecular formula is C17H19NO5S2. The Balaban J connectivity index is 1.55. The summed E-state index contributed by atoms with van der Waals surface area (Å²) in [6.07, 6.45) is 2.32. The van der Waals surface area contributed by atoms with E-state index in [1.54, 1.807) is 17.4 Å². The summed E-state index contributed by atoms with van der Waals surface area (Å²) in [5.74, 6) is 0.963. The number of benzene rings is 1. The van der Waals surface area contributed by atoms with E-state index in [2.05, 4.69) is 4.72 Å². The molecule has 0 saturated heterocycles. The Morgan fingerprint density at radius 2 is 2.00 bits per heavy atom. The van der Waals surface area contributed by atoms with Crippen molar-refractivity contribution in [3.05, 3.63) is 40.1 Å². The Bertz CT molecular complexity index is 892. The topological polar surface area (TPSA) is 84.9 Å². The summed E-state index contributed by atoms with van der Waals surface area (Å²) in [5.41, 5.74) is -0.317. The zero-order valence-corrected chi connectivity index (χ0v) is 15.2. The number of hydrogen-bond acceptors (Lipinski definition) is 6. The molecule has 2 N–H and O–H groups in total. The van der Waals surface area contributed by atoms with Crippen molar-refractivity contribution in [2.75, 3.05) is 19.8 Å². The van der Waals surface area contributed by atoms with Gasteiger partial charge in [0.2, 0.25) is 10.0 Å². The van der Waals surface area contributed by atoms with Crippen molar-refractivity contribution in [3.63, 3.8) is 0 Å². The number of sulfonamides is 1. The molecule has 0 amide bonds. The Morgan fingerprint density at radius 1 is 1.20 bits per heavy atom. The molecule has 4 rings (SSSR count). The van der Waals surface area contributed by atoms with Gasteiger partial charge in [-0.1, -0.05) is 0 Å². The monoisotopic (exact) mass is 381 g/mol. The Labute approximate surface area is 150 Å². The second-order valence-corrected chi connectivity index (χ2v) is 9.04. The van der Waals surface area contributed by atoms with Gasteiger partial charge in [-0.3, -0.25) is 0 Å². The molecule has 1 aromatic carbocycles. The quantitative estimate of drug-likeness (QED) is 0.846. The van der Waals surface area contributed by atoms with Gasteiger partial charge in [0.25, 0.3) is 0 Å². The minimum Gasteiger partial charge on any atom is -0.486 e. The van der Waals surface area contributed by atoms with E-state index in [4.69, 9.17) is 9.47 Å². The third-order valence-corrected chi connectivity index (χ3v) is 7.00. The molecule has 25 heavy (non-hydrogen) atoms. The fourth-order valence-corrected chi connectivity index (χ4v) is 5.42. The van der Waals surface area contributed by atoms with E-state index in [1.165, 1.54) is 12.1 Å². The summed E-state index contributed by atoms with van der Waals surface area (Å²) in [7, 11) is -3.76. The first-order valence-electron chi connectivity index (χ1n) is 8.16. The van der Waals surface area contributed by atoms with Crippen LogP contribution in [0, 0.1) is 0 Å². The SMILES string of the molecule is O=S(=O)(NCC1(O)CCCc2sccc21)c1ccc2c(c1)OCCO2. The van der Waals surface area contributed by atoms with E-state index in [-0.39, 0.29) is 11.4 Å². The summed E-state index contributed by atoms with van der Waals surface area (Å²) in [6.45, 7) is 0.797. The van der Waals surface area contributed by atoms with Gasteiger partial charge in [0, 0.05) is 17.5 Å². The Hall–Kier alpha value is -1.61. The number of rotatable bonds is 4. The maximum absolute atomic E-state index is 12.6. The van der Waals surface area contributed by atoms with Crippen molar-refractivity contribution in [3.8, 4) is 11.5 Å². The van der Waals surface area contributed by atoms with Gasteiger partial charge >= 0.3 is 0 Å². The molecule has 6 nitrogen and oxygen atoms in total. The second kappa shape index (κ2) is 6.28. The molecule has 0 bridgehead atoms. The highest BCUT2D eigenvalue weighted by molar-refractivity contribution is 7.89. The number of aliphatic hydroxyl groups is 1. The molecule has 1 aliphatic carbocycles. The Morgan fingerprint density at radius 3 is 2.84 bits per heavy atom. The highest BCUT2D eigenvalue weighted by Crippen LogP contribution is 2.38. The van der Waals surface area contributed by atoms with Crippen LogP contribution in [-0.2, 0) is 22.0 Å². The van der Waals surface area contributed by atoms with Crippen LogP contribution in [0.5, 0.6) is 11.5 Å². The van der Waals surface area contributed by atoms with Gasteiger partial charge in [-0.25, -0.2) is 13.1 Å². The summed E-state index contributed by atoms with van der Waals surface area (Å²) in [5, 5.41) is 12.9. The molecule has 2 heterocycles. The van der Waals surface area contributed by atoms with E-state index < -0.39 is 15.6 Å². The van der Waals surface area contributed by atoms with Crippen LogP contribution in [0.2, 0.25) is 0 Å². The molecule has 0 saturated carbocycles. The molecule has 134 valence electrons. The van der Waals surface area contributed by atoms with E-state index in [0.29, 0.717) is 31.1 Å². The predicted molar refractivity (Wildman–Crippen MR) is 93.8 cm³/mol. The number of nitrogens with one attached hydrogen (secondary N) is 1. The Kier molecular flexibility index (Phi) is 4.23. The van der Waals surface area contributed by atoms with Crippen molar-refractivity contribution in [2.24, 2.45) is 0 Å². The van der Waals surface area contributed by atoms with Crippen molar-refractivity contribution in [1.29, 1.82) is 0 Å². The van der Waals surface area contributed by atoms with Gasteiger partial charge in [-0.05, 0) is 48.4 Å². The highest BCUT2D eigenvalue weighted by atomic mass is 32.2. The lowest BCUT2D eigenvalue weighted by molar-refractivity contribution is 0.0252. The smallest absolute Gasteiger partial charge is 0.240 e. The molecular weight excluding hydrogens is 362 g/mol. The van der Waals surface area contributed by atoms with Crippen molar-refractivity contribution < 1.29 is 23.0 Å². The maximum atomic E-state index is 12.6. The third-order valence-electron chi connectivity index (χ3n) is 4.62. The minimum atomic E-state index is -3.76. The van der Waals surface area contributed by atoms with Crippen molar-refractivity contribution >= 4 is 21.4 Å².